The maximum atomic E-state index is 10.1. The summed E-state index contributed by atoms with van der Waals surface area (Å²) in [6.45, 7) is 0.667. The number of benzene rings is 2. The van der Waals surface area contributed by atoms with Crippen molar-refractivity contribution in [1.82, 2.24) is 9.97 Å². The Morgan fingerprint density at radius 3 is 2.40 bits per heavy atom. The Labute approximate surface area is 207 Å². The molecule has 2 aromatic carbocycles. The molecule has 0 spiro atoms. The van der Waals surface area contributed by atoms with Crippen LogP contribution in [0, 0.1) is 0 Å². The Morgan fingerprint density at radius 1 is 0.914 bits per heavy atom. The van der Waals surface area contributed by atoms with Gasteiger partial charge in [-0.1, -0.05) is 66.2 Å². The Hall–Kier alpha value is -2.90. The van der Waals surface area contributed by atoms with Gasteiger partial charge in [0.1, 0.15) is 18.3 Å². The second-order valence-electron chi connectivity index (χ2n) is 9.62. The fourth-order valence-corrected chi connectivity index (χ4v) is 5.54. The number of pyridine rings is 1. The van der Waals surface area contributed by atoms with Gasteiger partial charge in [-0.3, -0.25) is 0 Å². The van der Waals surface area contributed by atoms with Crippen molar-refractivity contribution in [3.8, 4) is 28.3 Å². The van der Waals surface area contributed by atoms with E-state index in [-0.39, 0.29) is 24.9 Å². The van der Waals surface area contributed by atoms with E-state index >= 15 is 0 Å². The minimum atomic E-state index is -0.601. The summed E-state index contributed by atoms with van der Waals surface area (Å²) in [6.07, 6.45) is 0.748. The Morgan fingerprint density at radius 2 is 1.63 bits per heavy atom. The molecule has 2 saturated heterocycles. The van der Waals surface area contributed by atoms with E-state index in [0.717, 1.165) is 46.3 Å². The minimum absolute atomic E-state index is 0.265. The number of nitrogens with one attached hydrogen (secondary N) is 1. The van der Waals surface area contributed by atoms with Crippen molar-refractivity contribution in [1.29, 1.82) is 0 Å². The first-order chi connectivity index (χ1) is 17.2. The average Bonchev–Trinajstić information content (AvgIpc) is 3.40. The minimum Gasteiger partial charge on any atom is -0.470 e. The molecule has 3 aliphatic rings. The van der Waals surface area contributed by atoms with Gasteiger partial charge in [-0.25, -0.2) is 4.98 Å². The standard InChI is InChI=1S/C28H25ClN2O4/c29-19-12-20-25(31-24(19)18-10-6-16(7-11-18)15-4-2-1-3-5-15)23(17-8-9-17)28(30-20)35-22-14-34-26-21(32)13-33-27(22)26/h1-7,10-12,17,21-22,26-27,30,32H,8-9,13-14H2/t21?,22?,26-,27-/m1/s1. The number of aliphatic hydroxyl groups is 1. The molecule has 6 nitrogen and oxygen atoms in total. The zero-order valence-electron chi connectivity index (χ0n) is 19.0. The third kappa shape index (κ3) is 3.72. The Bertz CT molecular complexity index is 1380. The number of nitrogens with zero attached hydrogens (tertiary/aromatic N) is 1. The van der Waals surface area contributed by atoms with Crippen molar-refractivity contribution in [2.45, 2.75) is 43.2 Å². The molecule has 0 amide bonds. The van der Waals surface area contributed by atoms with Gasteiger partial charge in [0.05, 0.1) is 35.0 Å². The maximum absolute atomic E-state index is 10.1. The lowest BCUT2D eigenvalue weighted by atomic mass is 10.0. The number of aromatic nitrogens is 2. The number of hydrogen-bond acceptors (Lipinski definition) is 5. The number of aliphatic hydroxyl groups excluding tert-OH is 1. The fourth-order valence-electron chi connectivity index (χ4n) is 5.28. The van der Waals surface area contributed by atoms with Gasteiger partial charge in [-0.15, -0.1) is 0 Å². The number of halogens is 1. The van der Waals surface area contributed by atoms with Crippen LogP contribution in [0.3, 0.4) is 0 Å². The molecule has 1 aliphatic carbocycles. The van der Waals surface area contributed by atoms with Crippen molar-refractivity contribution in [2.24, 2.45) is 0 Å². The van der Waals surface area contributed by atoms with Gasteiger partial charge in [-0.2, -0.15) is 0 Å². The molecule has 0 radical (unpaired) electrons. The largest absolute Gasteiger partial charge is 0.470 e. The van der Waals surface area contributed by atoms with Gasteiger partial charge < -0.3 is 24.3 Å². The lowest BCUT2D eigenvalue weighted by Crippen LogP contribution is -2.34. The lowest BCUT2D eigenvalue weighted by Gasteiger charge is -2.17. The normalized spacial score (nSPS) is 25.8. The van der Waals surface area contributed by atoms with Crippen LogP contribution in [0.25, 0.3) is 33.4 Å². The highest BCUT2D eigenvalue weighted by atomic mass is 35.5. The highest BCUT2D eigenvalue weighted by molar-refractivity contribution is 6.33. The van der Waals surface area contributed by atoms with Crippen LogP contribution in [-0.2, 0) is 9.47 Å². The van der Waals surface area contributed by atoms with Crippen molar-refractivity contribution >= 4 is 22.6 Å². The van der Waals surface area contributed by atoms with E-state index in [1.54, 1.807) is 0 Å². The SMILES string of the molecule is OC1CO[C@@H]2C(Oc3[nH]c4cc(Cl)c(-c5ccc(-c6ccccc6)cc5)nc4c3C3CC3)CO[C@H]12. The van der Waals surface area contributed by atoms with Crippen LogP contribution in [-0.4, -0.2) is 52.7 Å². The summed E-state index contributed by atoms with van der Waals surface area (Å²) in [5.41, 5.74) is 6.92. The van der Waals surface area contributed by atoms with Crippen molar-refractivity contribution in [2.75, 3.05) is 13.2 Å². The first-order valence-corrected chi connectivity index (χ1v) is 12.5. The lowest BCUT2D eigenvalue weighted by molar-refractivity contribution is 0.00777. The highest BCUT2D eigenvalue weighted by Gasteiger charge is 2.49. The van der Waals surface area contributed by atoms with Crippen molar-refractivity contribution in [3.05, 3.63) is 71.2 Å². The smallest absolute Gasteiger partial charge is 0.197 e. The van der Waals surface area contributed by atoms with Crippen LogP contribution in [0.15, 0.2) is 60.7 Å². The van der Waals surface area contributed by atoms with Crippen LogP contribution >= 0.6 is 11.6 Å². The van der Waals surface area contributed by atoms with Gasteiger partial charge in [0.25, 0.3) is 0 Å². The van der Waals surface area contributed by atoms with Gasteiger partial charge in [-0.05, 0) is 36.0 Å². The Balaban J connectivity index is 1.24. The van der Waals surface area contributed by atoms with Gasteiger partial charge in [0.2, 0.25) is 0 Å². The molecule has 2 unspecified atom stereocenters. The van der Waals surface area contributed by atoms with E-state index in [4.69, 9.17) is 30.8 Å². The number of aromatic amines is 1. The molecule has 1 saturated carbocycles. The zero-order chi connectivity index (χ0) is 23.5. The maximum Gasteiger partial charge on any atom is 0.197 e. The molecular formula is C28H25ClN2O4. The van der Waals surface area contributed by atoms with Crippen LogP contribution in [0.2, 0.25) is 5.02 Å². The van der Waals surface area contributed by atoms with Gasteiger partial charge >= 0.3 is 0 Å². The van der Waals surface area contributed by atoms with Gasteiger partial charge in [0.15, 0.2) is 12.0 Å². The topological polar surface area (TPSA) is 76.6 Å². The van der Waals surface area contributed by atoms with E-state index in [0.29, 0.717) is 23.4 Å². The van der Waals surface area contributed by atoms with Crippen LogP contribution in [0.5, 0.6) is 5.88 Å². The fraction of sp³-hybridized carbons (Fsp3) is 0.321. The summed E-state index contributed by atoms with van der Waals surface area (Å²) in [7, 11) is 0. The predicted octanol–water partition coefficient (Wildman–Crippen LogP) is 5.33. The summed E-state index contributed by atoms with van der Waals surface area (Å²) in [6, 6.07) is 20.6. The summed E-state index contributed by atoms with van der Waals surface area (Å²) >= 11 is 6.72. The molecule has 3 fully saturated rings. The number of rotatable bonds is 5. The van der Waals surface area contributed by atoms with E-state index in [2.05, 4.69) is 41.4 Å². The zero-order valence-corrected chi connectivity index (χ0v) is 19.7. The molecule has 4 atom stereocenters. The van der Waals surface area contributed by atoms with Crippen LogP contribution in [0.4, 0.5) is 0 Å². The van der Waals surface area contributed by atoms with E-state index in [1.807, 2.05) is 24.3 Å². The predicted molar refractivity (Wildman–Crippen MR) is 134 cm³/mol. The monoisotopic (exact) mass is 488 g/mol. The molecule has 2 N–H and O–H groups in total. The van der Waals surface area contributed by atoms with E-state index in [9.17, 15) is 5.11 Å². The second kappa shape index (κ2) is 8.35. The molecule has 0 bridgehead atoms. The summed E-state index contributed by atoms with van der Waals surface area (Å²) in [4.78, 5) is 8.45. The third-order valence-electron chi connectivity index (χ3n) is 7.23. The van der Waals surface area contributed by atoms with E-state index < -0.39 is 6.10 Å². The molecule has 2 aliphatic heterocycles. The highest BCUT2D eigenvalue weighted by Crippen LogP contribution is 2.49. The Kier molecular flexibility index (Phi) is 5.10. The molecule has 7 heteroatoms. The van der Waals surface area contributed by atoms with Crippen molar-refractivity contribution in [3.63, 3.8) is 0 Å². The molecule has 35 heavy (non-hydrogen) atoms. The number of ether oxygens (including phenoxy) is 3. The third-order valence-corrected chi connectivity index (χ3v) is 7.51. The summed E-state index contributed by atoms with van der Waals surface area (Å²) < 4.78 is 17.9. The molecule has 178 valence electrons. The van der Waals surface area contributed by atoms with Crippen LogP contribution in [0.1, 0.15) is 24.3 Å². The molecular weight excluding hydrogens is 464 g/mol. The molecule has 4 aromatic rings. The number of hydrogen-bond donors (Lipinski definition) is 2. The number of fused-ring (bicyclic) bond motifs is 2. The van der Waals surface area contributed by atoms with E-state index in [1.165, 1.54) is 5.56 Å². The summed E-state index contributed by atoms with van der Waals surface area (Å²) in [5, 5.41) is 10.7. The molecule has 4 heterocycles. The first kappa shape index (κ1) is 21.4. The summed E-state index contributed by atoms with van der Waals surface area (Å²) in [5.74, 6) is 1.12. The molecule has 2 aromatic heterocycles. The first-order valence-electron chi connectivity index (χ1n) is 12.1. The molecule has 7 rings (SSSR count). The van der Waals surface area contributed by atoms with Crippen LogP contribution < -0.4 is 4.74 Å². The van der Waals surface area contributed by atoms with Gasteiger partial charge in [0, 0.05) is 11.1 Å². The number of H-pyrrole nitrogens is 1. The average molecular weight is 489 g/mol. The van der Waals surface area contributed by atoms with Crippen molar-refractivity contribution < 1.29 is 19.3 Å². The quantitative estimate of drug-likeness (QED) is 0.397. The second-order valence-corrected chi connectivity index (χ2v) is 10.0.